The molecule has 0 N–H and O–H groups in total. The lowest BCUT2D eigenvalue weighted by molar-refractivity contribution is -0.133. The van der Waals surface area contributed by atoms with E-state index in [1.54, 1.807) is 19.0 Å². The van der Waals surface area contributed by atoms with Crippen molar-refractivity contribution in [1.82, 2.24) is 4.90 Å². The van der Waals surface area contributed by atoms with Crippen molar-refractivity contribution in [3.8, 4) is 0 Å². The fourth-order valence-electron chi connectivity index (χ4n) is 1.40. The highest BCUT2D eigenvalue weighted by atomic mass is 16.2. The predicted molar refractivity (Wildman–Crippen MR) is 45.9 cm³/mol. The predicted octanol–water partition coefficient (Wildman–Crippen LogP) is 0.405. The fraction of sp³-hybridized carbons (Fsp3) is 0.556. The number of nitrogens with zero attached hydrogens (tertiary/aromatic N) is 1. The molecule has 0 amide bonds. The van der Waals surface area contributed by atoms with E-state index in [4.69, 9.17) is 0 Å². The monoisotopic (exact) mass is 167 g/mol. The molecule has 0 aromatic heterocycles. The fourth-order valence-corrected chi connectivity index (χ4v) is 1.40. The molecule has 1 unspecified atom stereocenters. The van der Waals surface area contributed by atoms with Gasteiger partial charge in [-0.3, -0.25) is 14.5 Å². The van der Waals surface area contributed by atoms with Crippen LogP contribution in [0.5, 0.6) is 0 Å². The first-order valence-corrected chi connectivity index (χ1v) is 3.95. The van der Waals surface area contributed by atoms with Crippen molar-refractivity contribution in [1.29, 1.82) is 0 Å². The Balaban J connectivity index is 2.86. The van der Waals surface area contributed by atoms with E-state index < -0.39 is 6.04 Å². The molecule has 0 aromatic rings. The Morgan fingerprint density at radius 1 is 1.33 bits per heavy atom. The first-order valence-electron chi connectivity index (χ1n) is 3.95. The number of rotatable bonds is 1. The van der Waals surface area contributed by atoms with Crippen LogP contribution in [0.15, 0.2) is 12.2 Å². The van der Waals surface area contributed by atoms with Gasteiger partial charge in [-0.25, -0.2) is 0 Å². The van der Waals surface area contributed by atoms with Gasteiger partial charge in [-0.1, -0.05) is 6.58 Å². The molecule has 0 radical (unpaired) electrons. The maximum atomic E-state index is 11.4. The third kappa shape index (κ3) is 1.46. The lowest BCUT2D eigenvalue weighted by Crippen LogP contribution is -2.45. The lowest BCUT2D eigenvalue weighted by atomic mass is 9.88. The summed E-state index contributed by atoms with van der Waals surface area (Å²) in [7, 11) is 3.47. The number of hydrogen-bond acceptors (Lipinski definition) is 3. The minimum Gasteiger partial charge on any atom is -0.297 e. The molecule has 12 heavy (non-hydrogen) atoms. The molecule has 3 nitrogen and oxygen atoms in total. The summed E-state index contributed by atoms with van der Waals surface area (Å²) in [5.41, 5.74) is 0.577. The van der Waals surface area contributed by atoms with E-state index in [0.29, 0.717) is 18.4 Å². The first-order chi connectivity index (χ1) is 5.54. The molecule has 0 aliphatic heterocycles. The lowest BCUT2D eigenvalue weighted by Gasteiger charge is -2.26. The molecule has 1 aliphatic carbocycles. The van der Waals surface area contributed by atoms with E-state index in [9.17, 15) is 9.59 Å². The molecule has 0 spiro atoms. The maximum Gasteiger partial charge on any atom is 0.182 e. The molecular formula is C9H13NO2. The molecular weight excluding hydrogens is 154 g/mol. The van der Waals surface area contributed by atoms with Crippen LogP contribution < -0.4 is 0 Å². The largest absolute Gasteiger partial charge is 0.297 e. The van der Waals surface area contributed by atoms with Crippen LogP contribution in [0.4, 0.5) is 0 Å². The Morgan fingerprint density at radius 3 is 2.33 bits per heavy atom. The molecule has 1 saturated carbocycles. The highest BCUT2D eigenvalue weighted by molar-refractivity contribution is 6.16. The summed E-state index contributed by atoms with van der Waals surface area (Å²) in [5.74, 6) is -0.103. The highest BCUT2D eigenvalue weighted by Gasteiger charge is 2.33. The van der Waals surface area contributed by atoms with E-state index in [-0.39, 0.29) is 11.6 Å². The van der Waals surface area contributed by atoms with Gasteiger partial charge in [-0.15, -0.1) is 0 Å². The number of carbonyl (C=O) groups is 2. The van der Waals surface area contributed by atoms with E-state index in [1.807, 2.05) is 0 Å². The minimum absolute atomic E-state index is 0.0115. The van der Waals surface area contributed by atoms with Crippen molar-refractivity contribution in [2.24, 2.45) is 0 Å². The second-order valence-corrected chi connectivity index (χ2v) is 3.30. The third-order valence-electron chi connectivity index (χ3n) is 2.09. The standard InChI is InChI=1S/C9H13NO2/c1-6-4-5-7(11)8(9(6)12)10(2)3/h8H,1,4-5H2,2-3H3. The normalized spacial score (nSPS) is 25.2. The minimum atomic E-state index is -0.578. The van der Waals surface area contributed by atoms with Crippen LogP contribution in [0.3, 0.4) is 0 Å². The first kappa shape index (κ1) is 9.13. The van der Waals surface area contributed by atoms with Gasteiger partial charge in [0, 0.05) is 6.42 Å². The van der Waals surface area contributed by atoms with E-state index in [1.165, 1.54) is 0 Å². The van der Waals surface area contributed by atoms with Crippen LogP contribution in [0.25, 0.3) is 0 Å². The molecule has 1 fully saturated rings. The number of carbonyl (C=O) groups excluding carboxylic acids is 2. The number of likely N-dealkylation sites (N-methyl/N-ethyl adjacent to an activating group) is 1. The molecule has 66 valence electrons. The summed E-state index contributed by atoms with van der Waals surface area (Å²) in [5, 5.41) is 0. The smallest absolute Gasteiger partial charge is 0.182 e. The summed E-state index contributed by atoms with van der Waals surface area (Å²) in [6.45, 7) is 3.63. The Kier molecular flexibility index (Phi) is 2.43. The van der Waals surface area contributed by atoms with Gasteiger partial charge < -0.3 is 0 Å². The molecule has 0 aromatic carbocycles. The number of hydrogen-bond donors (Lipinski definition) is 0. The molecule has 0 saturated heterocycles. The van der Waals surface area contributed by atoms with E-state index in [0.717, 1.165) is 0 Å². The highest BCUT2D eigenvalue weighted by Crippen LogP contribution is 2.18. The van der Waals surface area contributed by atoms with Gasteiger partial charge in [0.2, 0.25) is 0 Å². The van der Waals surface area contributed by atoms with Crippen molar-refractivity contribution in [2.75, 3.05) is 14.1 Å². The molecule has 1 aliphatic rings. The van der Waals surface area contributed by atoms with Crippen LogP contribution >= 0.6 is 0 Å². The zero-order chi connectivity index (χ0) is 9.30. The summed E-state index contributed by atoms with van der Waals surface area (Å²) in [6.07, 6.45) is 0.982. The Labute approximate surface area is 72.0 Å². The van der Waals surface area contributed by atoms with Crippen molar-refractivity contribution < 1.29 is 9.59 Å². The molecule has 1 rings (SSSR count). The summed E-state index contributed by atoms with van der Waals surface area (Å²) >= 11 is 0. The number of Topliss-reactive ketones (excluding diaryl/α,β-unsaturated/α-hetero) is 2. The van der Waals surface area contributed by atoms with Gasteiger partial charge in [0.05, 0.1) is 0 Å². The van der Waals surface area contributed by atoms with Crippen LogP contribution in [0.1, 0.15) is 12.8 Å². The maximum absolute atomic E-state index is 11.4. The van der Waals surface area contributed by atoms with Crippen LogP contribution in [0.2, 0.25) is 0 Å². The van der Waals surface area contributed by atoms with Gasteiger partial charge in [-0.05, 0) is 26.1 Å². The Hall–Kier alpha value is -0.960. The number of ketones is 2. The Morgan fingerprint density at radius 2 is 1.92 bits per heavy atom. The third-order valence-corrected chi connectivity index (χ3v) is 2.09. The molecule has 1 atom stereocenters. The van der Waals surface area contributed by atoms with Crippen LogP contribution in [0, 0.1) is 0 Å². The summed E-state index contributed by atoms with van der Waals surface area (Å²) in [4.78, 5) is 24.4. The zero-order valence-electron chi connectivity index (χ0n) is 7.46. The molecule has 0 bridgehead atoms. The van der Waals surface area contributed by atoms with Crippen molar-refractivity contribution >= 4 is 11.6 Å². The second-order valence-electron chi connectivity index (χ2n) is 3.30. The summed E-state index contributed by atoms with van der Waals surface area (Å²) < 4.78 is 0. The van der Waals surface area contributed by atoms with Gasteiger partial charge in [0.1, 0.15) is 6.04 Å². The van der Waals surface area contributed by atoms with Crippen molar-refractivity contribution in [2.45, 2.75) is 18.9 Å². The Bertz CT molecular complexity index is 243. The van der Waals surface area contributed by atoms with Crippen molar-refractivity contribution in [3.63, 3.8) is 0 Å². The van der Waals surface area contributed by atoms with E-state index in [2.05, 4.69) is 6.58 Å². The average molecular weight is 167 g/mol. The topological polar surface area (TPSA) is 37.4 Å². The van der Waals surface area contributed by atoms with Gasteiger partial charge in [-0.2, -0.15) is 0 Å². The van der Waals surface area contributed by atoms with E-state index >= 15 is 0 Å². The zero-order valence-corrected chi connectivity index (χ0v) is 7.46. The van der Waals surface area contributed by atoms with Gasteiger partial charge in [0.15, 0.2) is 11.6 Å². The van der Waals surface area contributed by atoms with Gasteiger partial charge in [0.25, 0.3) is 0 Å². The second kappa shape index (κ2) is 3.19. The summed E-state index contributed by atoms with van der Waals surface area (Å²) in [6, 6.07) is -0.578. The van der Waals surface area contributed by atoms with Crippen LogP contribution in [-0.2, 0) is 9.59 Å². The molecule has 3 heteroatoms. The van der Waals surface area contributed by atoms with Gasteiger partial charge >= 0.3 is 0 Å². The quantitative estimate of drug-likeness (QED) is 0.419. The molecule has 0 heterocycles. The average Bonchev–Trinajstić information content (AvgIpc) is 1.97. The SMILES string of the molecule is C=C1CCC(=O)C(N(C)C)C1=O. The van der Waals surface area contributed by atoms with Crippen LogP contribution in [-0.4, -0.2) is 36.6 Å². The van der Waals surface area contributed by atoms with Crippen molar-refractivity contribution in [3.05, 3.63) is 12.2 Å².